The van der Waals surface area contributed by atoms with Crippen LogP contribution in [0.25, 0.3) is 0 Å². The molecule has 0 saturated carbocycles. The van der Waals surface area contributed by atoms with Gasteiger partial charge in [0.25, 0.3) is 11.8 Å². The highest BCUT2D eigenvalue weighted by atomic mass is 16.5. The second-order valence-electron chi connectivity index (χ2n) is 5.55. The zero-order valence-electron chi connectivity index (χ0n) is 14.1. The molecule has 2 rings (SSSR count). The van der Waals surface area contributed by atoms with Crippen LogP contribution in [0.5, 0.6) is 5.75 Å². The molecule has 0 bridgehead atoms. The number of amides is 2. The SMILES string of the molecule is CC[C@H](C)NC(=O)c1cccc(NC(=O)c2ccc(OC)cc2)c1. The molecule has 24 heavy (non-hydrogen) atoms. The Morgan fingerprint density at radius 3 is 2.38 bits per heavy atom. The summed E-state index contributed by atoms with van der Waals surface area (Å²) in [7, 11) is 1.57. The van der Waals surface area contributed by atoms with Crippen LogP contribution in [0.2, 0.25) is 0 Å². The quantitative estimate of drug-likeness (QED) is 0.854. The molecule has 0 fully saturated rings. The minimum absolute atomic E-state index is 0.107. The van der Waals surface area contributed by atoms with Crippen LogP contribution in [-0.2, 0) is 0 Å². The van der Waals surface area contributed by atoms with Crippen molar-refractivity contribution in [1.82, 2.24) is 5.32 Å². The summed E-state index contributed by atoms with van der Waals surface area (Å²) < 4.78 is 5.07. The van der Waals surface area contributed by atoms with Crippen molar-refractivity contribution in [3.8, 4) is 5.75 Å². The average molecular weight is 326 g/mol. The summed E-state index contributed by atoms with van der Waals surface area (Å²) in [6.07, 6.45) is 0.861. The number of carbonyl (C=O) groups is 2. The van der Waals surface area contributed by atoms with Crippen LogP contribution < -0.4 is 15.4 Å². The molecule has 2 aromatic rings. The smallest absolute Gasteiger partial charge is 0.255 e. The summed E-state index contributed by atoms with van der Waals surface area (Å²) in [5, 5.41) is 5.70. The molecule has 126 valence electrons. The highest BCUT2D eigenvalue weighted by molar-refractivity contribution is 6.05. The summed E-state index contributed by atoms with van der Waals surface area (Å²) in [4.78, 5) is 24.4. The maximum atomic E-state index is 12.3. The molecule has 0 aliphatic rings. The minimum atomic E-state index is -0.239. The number of hydrogen-bond acceptors (Lipinski definition) is 3. The van der Waals surface area contributed by atoms with Gasteiger partial charge < -0.3 is 15.4 Å². The third-order valence-corrected chi connectivity index (χ3v) is 3.72. The molecule has 0 unspecified atom stereocenters. The van der Waals surface area contributed by atoms with E-state index in [2.05, 4.69) is 10.6 Å². The van der Waals surface area contributed by atoms with Gasteiger partial charge in [-0.1, -0.05) is 13.0 Å². The van der Waals surface area contributed by atoms with Crippen LogP contribution >= 0.6 is 0 Å². The highest BCUT2D eigenvalue weighted by Gasteiger charge is 2.11. The maximum Gasteiger partial charge on any atom is 0.255 e. The van der Waals surface area contributed by atoms with E-state index >= 15 is 0 Å². The van der Waals surface area contributed by atoms with Gasteiger partial charge in [-0.15, -0.1) is 0 Å². The first kappa shape index (κ1) is 17.5. The molecule has 0 aliphatic heterocycles. The van der Waals surface area contributed by atoms with Gasteiger partial charge in [-0.3, -0.25) is 9.59 Å². The second-order valence-corrected chi connectivity index (χ2v) is 5.55. The fourth-order valence-corrected chi connectivity index (χ4v) is 2.09. The molecular weight excluding hydrogens is 304 g/mol. The molecule has 2 N–H and O–H groups in total. The van der Waals surface area contributed by atoms with Crippen molar-refractivity contribution in [2.45, 2.75) is 26.3 Å². The van der Waals surface area contributed by atoms with Crippen molar-refractivity contribution in [1.29, 1.82) is 0 Å². The van der Waals surface area contributed by atoms with E-state index < -0.39 is 0 Å². The Morgan fingerprint density at radius 2 is 1.75 bits per heavy atom. The van der Waals surface area contributed by atoms with E-state index in [4.69, 9.17) is 4.74 Å². The summed E-state index contributed by atoms with van der Waals surface area (Å²) >= 11 is 0. The van der Waals surface area contributed by atoms with Crippen LogP contribution in [0.1, 0.15) is 41.0 Å². The molecule has 0 radical (unpaired) electrons. The second kappa shape index (κ2) is 8.15. The lowest BCUT2D eigenvalue weighted by atomic mass is 10.1. The Balaban J connectivity index is 2.08. The average Bonchev–Trinajstić information content (AvgIpc) is 2.61. The van der Waals surface area contributed by atoms with Gasteiger partial charge in [0.2, 0.25) is 0 Å². The lowest BCUT2D eigenvalue weighted by Crippen LogP contribution is -2.31. The van der Waals surface area contributed by atoms with Crippen molar-refractivity contribution >= 4 is 17.5 Å². The van der Waals surface area contributed by atoms with Gasteiger partial charge in [0.05, 0.1) is 7.11 Å². The van der Waals surface area contributed by atoms with Gasteiger partial charge in [-0.2, -0.15) is 0 Å². The van der Waals surface area contributed by atoms with Crippen LogP contribution in [0.15, 0.2) is 48.5 Å². The van der Waals surface area contributed by atoms with Crippen LogP contribution in [0, 0.1) is 0 Å². The van der Waals surface area contributed by atoms with Crippen LogP contribution in [-0.4, -0.2) is 25.0 Å². The van der Waals surface area contributed by atoms with Gasteiger partial charge in [0.15, 0.2) is 0 Å². The standard InChI is InChI=1S/C19H22N2O3/c1-4-13(2)20-19(23)15-6-5-7-16(12-15)21-18(22)14-8-10-17(24-3)11-9-14/h5-13H,4H2,1-3H3,(H,20,23)(H,21,22)/t13-/m0/s1. The summed E-state index contributed by atoms with van der Waals surface area (Å²) in [5.41, 5.74) is 1.61. The van der Waals surface area contributed by atoms with E-state index in [9.17, 15) is 9.59 Å². The predicted molar refractivity (Wildman–Crippen MR) is 94.6 cm³/mol. The van der Waals surface area contributed by atoms with Crippen molar-refractivity contribution < 1.29 is 14.3 Å². The fourth-order valence-electron chi connectivity index (χ4n) is 2.09. The van der Waals surface area contributed by atoms with E-state index in [0.717, 1.165) is 6.42 Å². The minimum Gasteiger partial charge on any atom is -0.497 e. The number of carbonyl (C=O) groups excluding carboxylic acids is 2. The summed E-state index contributed by atoms with van der Waals surface area (Å²) in [6, 6.07) is 13.8. The van der Waals surface area contributed by atoms with Crippen LogP contribution in [0.3, 0.4) is 0 Å². The molecule has 2 aromatic carbocycles. The first-order valence-electron chi connectivity index (χ1n) is 7.89. The normalized spacial score (nSPS) is 11.5. The first-order chi connectivity index (χ1) is 11.5. The van der Waals surface area contributed by atoms with E-state index in [0.29, 0.717) is 22.6 Å². The molecule has 2 amide bonds. The van der Waals surface area contributed by atoms with E-state index in [1.54, 1.807) is 55.6 Å². The zero-order chi connectivity index (χ0) is 17.5. The highest BCUT2D eigenvalue weighted by Crippen LogP contribution is 2.15. The van der Waals surface area contributed by atoms with E-state index in [1.165, 1.54) is 0 Å². The first-order valence-corrected chi connectivity index (χ1v) is 7.89. The molecule has 5 nitrogen and oxygen atoms in total. The number of rotatable bonds is 6. The molecular formula is C19H22N2O3. The number of hydrogen-bond donors (Lipinski definition) is 2. The number of ether oxygens (including phenoxy) is 1. The summed E-state index contributed by atoms with van der Waals surface area (Å²) in [6.45, 7) is 3.96. The van der Waals surface area contributed by atoms with Gasteiger partial charge in [-0.25, -0.2) is 0 Å². The van der Waals surface area contributed by atoms with Gasteiger partial charge >= 0.3 is 0 Å². The van der Waals surface area contributed by atoms with Gasteiger partial charge in [-0.05, 0) is 55.8 Å². The number of benzene rings is 2. The lowest BCUT2D eigenvalue weighted by molar-refractivity contribution is 0.0938. The number of nitrogens with one attached hydrogen (secondary N) is 2. The van der Waals surface area contributed by atoms with Gasteiger partial charge in [0, 0.05) is 22.9 Å². The Morgan fingerprint density at radius 1 is 1.04 bits per heavy atom. The Labute approximate surface area is 142 Å². The Hall–Kier alpha value is -2.82. The molecule has 0 aromatic heterocycles. The number of anilines is 1. The number of methoxy groups -OCH3 is 1. The molecule has 0 aliphatic carbocycles. The van der Waals surface area contributed by atoms with Crippen molar-refractivity contribution in [3.05, 3.63) is 59.7 Å². The van der Waals surface area contributed by atoms with E-state index in [1.807, 2.05) is 13.8 Å². The van der Waals surface area contributed by atoms with Crippen molar-refractivity contribution in [3.63, 3.8) is 0 Å². The largest absolute Gasteiger partial charge is 0.497 e. The zero-order valence-corrected chi connectivity index (χ0v) is 14.1. The third-order valence-electron chi connectivity index (χ3n) is 3.72. The Kier molecular flexibility index (Phi) is 5.95. The molecule has 0 saturated heterocycles. The fraction of sp³-hybridized carbons (Fsp3) is 0.263. The van der Waals surface area contributed by atoms with E-state index in [-0.39, 0.29) is 17.9 Å². The molecule has 1 atom stereocenters. The Bertz CT molecular complexity index is 711. The monoisotopic (exact) mass is 326 g/mol. The molecule has 0 heterocycles. The predicted octanol–water partition coefficient (Wildman–Crippen LogP) is 3.48. The van der Waals surface area contributed by atoms with Gasteiger partial charge in [0.1, 0.15) is 5.75 Å². The maximum absolute atomic E-state index is 12.3. The molecule has 0 spiro atoms. The van der Waals surface area contributed by atoms with Crippen molar-refractivity contribution in [2.75, 3.05) is 12.4 Å². The lowest BCUT2D eigenvalue weighted by Gasteiger charge is -2.12. The topological polar surface area (TPSA) is 67.4 Å². The summed E-state index contributed by atoms with van der Waals surface area (Å²) in [5.74, 6) is 0.303. The third kappa shape index (κ3) is 4.59. The van der Waals surface area contributed by atoms with Crippen molar-refractivity contribution in [2.24, 2.45) is 0 Å². The van der Waals surface area contributed by atoms with Crippen LogP contribution in [0.4, 0.5) is 5.69 Å². The molecule has 5 heteroatoms.